The van der Waals surface area contributed by atoms with Gasteiger partial charge in [-0.15, -0.1) is 11.3 Å². The summed E-state index contributed by atoms with van der Waals surface area (Å²) in [6.45, 7) is 3.18. The number of aliphatic hydroxyl groups is 1. The molecule has 5 heteroatoms. The Morgan fingerprint density at radius 3 is 2.85 bits per heavy atom. The summed E-state index contributed by atoms with van der Waals surface area (Å²) in [6, 6.07) is 8.01. The monoisotopic (exact) mass is 292 g/mol. The Morgan fingerprint density at radius 1 is 1.35 bits per heavy atom. The number of amides is 1. The van der Waals surface area contributed by atoms with Crippen LogP contribution in [0.2, 0.25) is 0 Å². The molecule has 0 spiro atoms. The van der Waals surface area contributed by atoms with Crippen LogP contribution < -0.4 is 0 Å². The minimum atomic E-state index is 0.0207. The van der Waals surface area contributed by atoms with E-state index in [-0.39, 0.29) is 12.5 Å². The van der Waals surface area contributed by atoms with Gasteiger partial charge in [0.1, 0.15) is 0 Å². The standard InChI is InChI=1S/C15H20N2O2S/c1-2-9-17(10-11-18)15(19)8-7-14-16-12-5-3-4-6-13(12)20-14/h3-6,18H,2,7-11H2,1H3. The number of para-hydroxylation sites is 1. The van der Waals surface area contributed by atoms with Gasteiger partial charge in [-0.3, -0.25) is 4.79 Å². The molecule has 0 atom stereocenters. The fraction of sp³-hybridized carbons (Fsp3) is 0.467. The minimum absolute atomic E-state index is 0.0207. The van der Waals surface area contributed by atoms with Gasteiger partial charge in [0.05, 0.1) is 21.8 Å². The lowest BCUT2D eigenvalue weighted by molar-refractivity contribution is -0.131. The number of fused-ring (bicyclic) bond motifs is 1. The van der Waals surface area contributed by atoms with E-state index in [0.29, 0.717) is 25.9 Å². The number of nitrogens with zero attached hydrogens (tertiary/aromatic N) is 2. The molecule has 0 bridgehead atoms. The van der Waals surface area contributed by atoms with Crippen LogP contribution in [0.15, 0.2) is 24.3 Å². The Hall–Kier alpha value is -1.46. The quantitative estimate of drug-likeness (QED) is 0.853. The van der Waals surface area contributed by atoms with Gasteiger partial charge in [0.15, 0.2) is 0 Å². The van der Waals surface area contributed by atoms with Crippen molar-refractivity contribution in [3.05, 3.63) is 29.3 Å². The summed E-state index contributed by atoms with van der Waals surface area (Å²) in [5, 5.41) is 9.99. The van der Waals surface area contributed by atoms with Crippen LogP contribution in [0.5, 0.6) is 0 Å². The summed E-state index contributed by atoms with van der Waals surface area (Å²) in [6.07, 6.45) is 2.04. The highest BCUT2D eigenvalue weighted by Crippen LogP contribution is 2.22. The molecule has 2 rings (SSSR count). The van der Waals surface area contributed by atoms with E-state index in [1.807, 2.05) is 31.2 Å². The summed E-state index contributed by atoms with van der Waals surface area (Å²) in [5.41, 5.74) is 1.00. The molecule has 0 aliphatic carbocycles. The molecular weight excluding hydrogens is 272 g/mol. The second kappa shape index (κ2) is 7.36. The second-order valence-electron chi connectivity index (χ2n) is 4.68. The maximum Gasteiger partial charge on any atom is 0.223 e. The molecule has 2 aromatic rings. The predicted molar refractivity (Wildman–Crippen MR) is 81.9 cm³/mol. The fourth-order valence-electron chi connectivity index (χ4n) is 2.15. The number of rotatable bonds is 7. The SMILES string of the molecule is CCCN(CCO)C(=O)CCc1nc2ccccc2s1. The van der Waals surface area contributed by atoms with Gasteiger partial charge < -0.3 is 10.0 Å². The summed E-state index contributed by atoms with van der Waals surface area (Å²) < 4.78 is 1.16. The number of thiazole rings is 1. The lowest BCUT2D eigenvalue weighted by Gasteiger charge is -2.20. The third kappa shape index (κ3) is 3.77. The Bertz CT molecular complexity index is 529. The smallest absolute Gasteiger partial charge is 0.223 e. The minimum Gasteiger partial charge on any atom is -0.395 e. The van der Waals surface area contributed by atoms with Gasteiger partial charge in [0.2, 0.25) is 5.91 Å². The molecule has 0 unspecified atom stereocenters. The van der Waals surface area contributed by atoms with E-state index in [1.165, 1.54) is 0 Å². The van der Waals surface area contributed by atoms with Crippen LogP contribution >= 0.6 is 11.3 Å². The fourth-order valence-corrected chi connectivity index (χ4v) is 3.12. The van der Waals surface area contributed by atoms with Crippen molar-refractivity contribution in [2.45, 2.75) is 26.2 Å². The largest absolute Gasteiger partial charge is 0.395 e. The molecule has 1 amide bonds. The first-order valence-electron chi connectivity index (χ1n) is 6.97. The molecule has 20 heavy (non-hydrogen) atoms. The molecule has 1 aromatic carbocycles. The summed E-state index contributed by atoms with van der Waals surface area (Å²) >= 11 is 1.65. The molecule has 0 fully saturated rings. The van der Waals surface area contributed by atoms with Crippen molar-refractivity contribution in [3.8, 4) is 0 Å². The van der Waals surface area contributed by atoms with Crippen molar-refractivity contribution in [2.75, 3.05) is 19.7 Å². The Balaban J connectivity index is 1.94. The van der Waals surface area contributed by atoms with Gasteiger partial charge in [0.25, 0.3) is 0 Å². The zero-order chi connectivity index (χ0) is 14.4. The topological polar surface area (TPSA) is 53.4 Å². The van der Waals surface area contributed by atoms with Crippen molar-refractivity contribution < 1.29 is 9.90 Å². The number of aryl methyl sites for hydroxylation is 1. The van der Waals surface area contributed by atoms with Crippen LogP contribution in [0.4, 0.5) is 0 Å². The van der Waals surface area contributed by atoms with Crippen LogP contribution in [0.1, 0.15) is 24.8 Å². The predicted octanol–water partition coefficient (Wildman–Crippen LogP) is 2.46. The van der Waals surface area contributed by atoms with Crippen LogP contribution in [-0.4, -0.2) is 40.6 Å². The molecule has 0 aliphatic heterocycles. The highest BCUT2D eigenvalue weighted by molar-refractivity contribution is 7.18. The van der Waals surface area contributed by atoms with Gasteiger partial charge in [-0.25, -0.2) is 4.98 Å². The molecule has 4 nitrogen and oxygen atoms in total. The lowest BCUT2D eigenvalue weighted by Crippen LogP contribution is -2.34. The van der Waals surface area contributed by atoms with Gasteiger partial charge >= 0.3 is 0 Å². The van der Waals surface area contributed by atoms with E-state index < -0.39 is 0 Å². The number of carbonyl (C=O) groups excluding carboxylic acids is 1. The van der Waals surface area contributed by atoms with Crippen LogP contribution in [-0.2, 0) is 11.2 Å². The summed E-state index contributed by atoms with van der Waals surface area (Å²) in [7, 11) is 0. The number of aromatic nitrogens is 1. The maximum atomic E-state index is 12.1. The molecule has 1 N–H and O–H groups in total. The molecule has 0 radical (unpaired) electrons. The van der Waals surface area contributed by atoms with Gasteiger partial charge in [-0.2, -0.15) is 0 Å². The molecule has 0 aliphatic rings. The van der Waals surface area contributed by atoms with Crippen LogP contribution in [0, 0.1) is 0 Å². The van der Waals surface area contributed by atoms with Crippen LogP contribution in [0.25, 0.3) is 10.2 Å². The van der Waals surface area contributed by atoms with Crippen molar-refractivity contribution in [3.63, 3.8) is 0 Å². The average Bonchev–Trinajstić information content (AvgIpc) is 2.87. The first kappa shape index (κ1) is 14.9. The lowest BCUT2D eigenvalue weighted by atomic mass is 10.2. The highest BCUT2D eigenvalue weighted by atomic mass is 32.1. The third-order valence-electron chi connectivity index (χ3n) is 3.11. The van der Waals surface area contributed by atoms with Crippen molar-refractivity contribution in [1.82, 2.24) is 9.88 Å². The second-order valence-corrected chi connectivity index (χ2v) is 5.79. The van der Waals surface area contributed by atoms with Gasteiger partial charge in [-0.1, -0.05) is 19.1 Å². The van der Waals surface area contributed by atoms with Crippen molar-refractivity contribution in [2.24, 2.45) is 0 Å². The van der Waals surface area contributed by atoms with Gasteiger partial charge in [-0.05, 0) is 18.6 Å². The molecule has 1 aromatic heterocycles. The highest BCUT2D eigenvalue weighted by Gasteiger charge is 2.13. The summed E-state index contributed by atoms with van der Waals surface area (Å²) in [4.78, 5) is 18.4. The molecule has 0 saturated carbocycles. The zero-order valence-electron chi connectivity index (χ0n) is 11.7. The van der Waals surface area contributed by atoms with E-state index in [2.05, 4.69) is 4.98 Å². The van der Waals surface area contributed by atoms with Crippen LogP contribution in [0.3, 0.4) is 0 Å². The summed E-state index contributed by atoms with van der Waals surface area (Å²) in [5.74, 6) is 0.0974. The molecule has 1 heterocycles. The van der Waals surface area contributed by atoms with Crippen molar-refractivity contribution >= 4 is 27.5 Å². The Kier molecular flexibility index (Phi) is 5.49. The number of hydrogen-bond acceptors (Lipinski definition) is 4. The van der Waals surface area contributed by atoms with E-state index >= 15 is 0 Å². The number of carbonyl (C=O) groups is 1. The van der Waals surface area contributed by atoms with E-state index in [9.17, 15) is 4.79 Å². The Morgan fingerprint density at radius 2 is 2.15 bits per heavy atom. The first-order chi connectivity index (χ1) is 9.74. The normalized spacial score (nSPS) is 10.9. The number of hydrogen-bond donors (Lipinski definition) is 1. The van der Waals surface area contributed by atoms with Crippen molar-refractivity contribution in [1.29, 1.82) is 0 Å². The van der Waals surface area contributed by atoms with Gasteiger partial charge in [0, 0.05) is 25.9 Å². The molecule has 108 valence electrons. The van der Waals surface area contributed by atoms with E-state index in [1.54, 1.807) is 16.2 Å². The zero-order valence-corrected chi connectivity index (χ0v) is 12.5. The molecule has 0 saturated heterocycles. The van der Waals surface area contributed by atoms with E-state index in [0.717, 1.165) is 21.6 Å². The molecular formula is C15H20N2O2S. The maximum absolute atomic E-state index is 12.1. The third-order valence-corrected chi connectivity index (χ3v) is 4.20. The van der Waals surface area contributed by atoms with E-state index in [4.69, 9.17) is 5.11 Å². The average molecular weight is 292 g/mol. The first-order valence-corrected chi connectivity index (χ1v) is 7.79. The Labute approximate surface area is 123 Å². The number of benzene rings is 1. The number of aliphatic hydroxyl groups excluding tert-OH is 1.